The highest BCUT2D eigenvalue weighted by atomic mass is 79.9. The molecule has 1 aromatic heterocycles. The second-order valence-corrected chi connectivity index (χ2v) is 7.05. The maximum atomic E-state index is 12.2. The van der Waals surface area contributed by atoms with Crippen LogP contribution in [-0.2, 0) is 9.53 Å². The quantitative estimate of drug-likeness (QED) is 0.586. The number of nitriles is 1. The lowest BCUT2D eigenvalue weighted by Gasteiger charge is -2.09. The SMILES string of the molecule is Cc1ccc(-c2ccc(C=C(C#N)C(=O)NCC3CCCO3)o2)c(Br)c1. The van der Waals surface area contributed by atoms with Gasteiger partial charge in [0.05, 0.1) is 6.10 Å². The Bertz CT molecular complexity index is 873. The second-order valence-electron chi connectivity index (χ2n) is 6.20. The molecule has 1 saturated heterocycles. The largest absolute Gasteiger partial charge is 0.457 e. The lowest BCUT2D eigenvalue weighted by Crippen LogP contribution is -2.32. The van der Waals surface area contributed by atoms with Crippen LogP contribution in [-0.4, -0.2) is 25.2 Å². The Kier molecular flexibility index (Phi) is 5.92. The van der Waals surface area contributed by atoms with E-state index >= 15 is 0 Å². The molecule has 1 atom stereocenters. The fourth-order valence-corrected chi connectivity index (χ4v) is 3.48. The molecule has 5 nitrogen and oxygen atoms in total. The number of benzene rings is 1. The molecular weight excluding hydrogens is 396 g/mol. The first-order valence-electron chi connectivity index (χ1n) is 8.45. The van der Waals surface area contributed by atoms with Gasteiger partial charge < -0.3 is 14.5 Å². The normalized spacial score (nSPS) is 17.1. The van der Waals surface area contributed by atoms with Crippen molar-refractivity contribution in [3.05, 3.63) is 51.7 Å². The van der Waals surface area contributed by atoms with E-state index in [4.69, 9.17) is 9.15 Å². The molecule has 2 aromatic rings. The maximum absolute atomic E-state index is 12.2. The van der Waals surface area contributed by atoms with Crippen molar-refractivity contribution >= 4 is 27.9 Å². The first-order valence-corrected chi connectivity index (χ1v) is 9.24. The van der Waals surface area contributed by atoms with Crippen LogP contribution in [0.15, 0.2) is 44.8 Å². The van der Waals surface area contributed by atoms with Crippen LogP contribution in [0.4, 0.5) is 0 Å². The molecule has 134 valence electrons. The van der Waals surface area contributed by atoms with Gasteiger partial charge in [0.1, 0.15) is 23.2 Å². The monoisotopic (exact) mass is 414 g/mol. The Balaban J connectivity index is 1.72. The third-order valence-electron chi connectivity index (χ3n) is 4.18. The highest BCUT2D eigenvalue weighted by Gasteiger charge is 2.18. The molecule has 26 heavy (non-hydrogen) atoms. The van der Waals surface area contributed by atoms with Crippen LogP contribution in [0.25, 0.3) is 17.4 Å². The fourth-order valence-electron chi connectivity index (χ4n) is 2.79. The van der Waals surface area contributed by atoms with E-state index in [1.807, 2.05) is 37.3 Å². The van der Waals surface area contributed by atoms with Gasteiger partial charge in [-0.2, -0.15) is 5.26 Å². The smallest absolute Gasteiger partial charge is 0.262 e. The molecule has 0 radical (unpaired) electrons. The number of hydrogen-bond donors (Lipinski definition) is 1. The minimum Gasteiger partial charge on any atom is -0.457 e. The number of carbonyl (C=O) groups excluding carboxylic acids is 1. The van der Waals surface area contributed by atoms with Crippen molar-refractivity contribution < 1.29 is 13.9 Å². The standard InChI is InChI=1S/C20H19BrN2O3/c1-13-4-6-17(18(21)9-13)19-7-5-15(26-19)10-14(11-22)20(24)23-12-16-3-2-8-25-16/h4-7,9-10,16H,2-3,8,12H2,1H3,(H,23,24). The lowest BCUT2D eigenvalue weighted by molar-refractivity contribution is -0.117. The minimum atomic E-state index is -0.419. The van der Waals surface area contributed by atoms with Crippen LogP contribution >= 0.6 is 15.9 Å². The van der Waals surface area contributed by atoms with Crippen molar-refractivity contribution in [2.75, 3.05) is 13.2 Å². The topological polar surface area (TPSA) is 75.3 Å². The van der Waals surface area contributed by atoms with Crippen molar-refractivity contribution in [3.63, 3.8) is 0 Å². The fraction of sp³-hybridized carbons (Fsp3) is 0.300. The molecule has 1 fully saturated rings. The van der Waals surface area contributed by atoms with E-state index < -0.39 is 5.91 Å². The van der Waals surface area contributed by atoms with E-state index in [1.54, 1.807) is 6.07 Å². The van der Waals surface area contributed by atoms with Gasteiger partial charge >= 0.3 is 0 Å². The van der Waals surface area contributed by atoms with Gasteiger partial charge in [-0.05, 0) is 49.6 Å². The number of halogens is 1. The van der Waals surface area contributed by atoms with Crippen molar-refractivity contribution in [2.24, 2.45) is 0 Å². The summed E-state index contributed by atoms with van der Waals surface area (Å²) in [6.07, 6.45) is 3.42. The zero-order valence-electron chi connectivity index (χ0n) is 14.4. The molecule has 0 spiro atoms. The summed E-state index contributed by atoms with van der Waals surface area (Å²) in [7, 11) is 0. The van der Waals surface area contributed by atoms with E-state index in [0.717, 1.165) is 35.0 Å². The van der Waals surface area contributed by atoms with Crippen LogP contribution in [0.5, 0.6) is 0 Å². The van der Waals surface area contributed by atoms with E-state index in [1.165, 1.54) is 6.08 Å². The molecule has 1 aliphatic rings. The maximum Gasteiger partial charge on any atom is 0.262 e. The zero-order valence-corrected chi connectivity index (χ0v) is 16.0. The Labute approximate surface area is 160 Å². The predicted octanol–water partition coefficient (Wildman–Crippen LogP) is 4.22. The van der Waals surface area contributed by atoms with Gasteiger partial charge in [0.25, 0.3) is 5.91 Å². The number of ether oxygens (including phenoxy) is 1. The van der Waals surface area contributed by atoms with Crippen molar-refractivity contribution in [2.45, 2.75) is 25.9 Å². The van der Waals surface area contributed by atoms with Gasteiger partial charge in [-0.3, -0.25) is 4.79 Å². The van der Waals surface area contributed by atoms with Crippen LogP contribution in [0.3, 0.4) is 0 Å². The Morgan fingerprint density at radius 1 is 1.42 bits per heavy atom. The number of nitrogens with zero attached hydrogens (tertiary/aromatic N) is 1. The Morgan fingerprint density at radius 3 is 2.96 bits per heavy atom. The Hall–Kier alpha value is -2.36. The summed E-state index contributed by atoms with van der Waals surface area (Å²) >= 11 is 3.53. The first-order chi connectivity index (χ1) is 12.6. The van der Waals surface area contributed by atoms with Gasteiger partial charge in [0.15, 0.2) is 0 Å². The van der Waals surface area contributed by atoms with Crippen LogP contribution in [0.1, 0.15) is 24.2 Å². The number of furan rings is 1. The number of rotatable bonds is 5. The van der Waals surface area contributed by atoms with E-state index in [9.17, 15) is 10.1 Å². The average Bonchev–Trinajstić information content (AvgIpc) is 3.29. The molecule has 0 aliphatic carbocycles. The number of hydrogen-bond acceptors (Lipinski definition) is 4. The summed E-state index contributed by atoms with van der Waals surface area (Å²) in [4.78, 5) is 12.2. The molecule has 6 heteroatoms. The highest BCUT2D eigenvalue weighted by Crippen LogP contribution is 2.31. The van der Waals surface area contributed by atoms with E-state index in [-0.39, 0.29) is 11.7 Å². The molecular formula is C20H19BrN2O3. The molecule has 0 bridgehead atoms. The second kappa shape index (κ2) is 8.35. The number of carbonyl (C=O) groups is 1. The molecule has 1 unspecified atom stereocenters. The van der Waals surface area contributed by atoms with Gasteiger partial charge in [0.2, 0.25) is 0 Å². The summed E-state index contributed by atoms with van der Waals surface area (Å²) in [5.41, 5.74) is 2.06. The van der Waals surface area contributed by atoms with E-state index in [2.05, 4.69) is 21.2 Å². The van der Waals surface area contributed by atoms with Crippen LogP contribution in [0.2, 0.25) is 0 Å². The van der Waals surface area contributed by atoms with Crippen LogP contribution in [0, 0.1) is 18.3 Å². The Morgan fingerprint density at radius 2 is 2.27 bits per heavy atom. The zero-order chi connectivity index (χ0) is 18.5. The van der Waals surface area contributed by atoms with Crippen LogP contribution < -0.4 is 5.32 Å². The van der Waals surface area contributed by atoms with Crippen molar-refractivity contribution in [3.8, 4) is 17.4 Å². The summed E-state index contributed by atoms with van der Waals surface area (Å²) in [6, 6.07) is 11.5. The third-order valence-corrected chi connectivity index (χ3v) is 4.84. The summed E-state index contributed by atoms with van der Waals surface area (Å²) < 4.78 is 12.2. The van der Waals surface area contributed by atoms with E-state index in [0.29, 0.717) is 18.1 Å². The van der Waals surface area contributed by atoms with Gasteiger partial charge in [-0.25, -0.2) is 0 Å². The molecule has 0 saturated carbocycles. The summed E-state index contributed by atoms with van der Waals surface area (Å²) in [5.74, 6) is 0.703. The molecule has 1 aliphatic heterocycles. The number of nitrogens with one attached hydrogen (secondary N) is 1. The molecule has 1 aromatic carbocycles. The molecule has 1 amide bonds. The molecule has 2 heterocycles. The molecule has 1 N–H and O–H groups in total. The highest BCUT2D eigenvalue weighted by molar-refractivity contribution is 9.10. The van der Waals surface area contributed by atoms with Gasteiger partial charge in [-0.15, -0.1) is 0 Å². The first kappa shape index (κ1) is 18.4. The van der Waals surface area contributed by atoms with Gasteiger partial charge in [0, 0.05) is 29.3 Å². The number of aryl methyl sites for hydroxylation is 1. The van der Waals surface area contributed by atoms with Crippen molar-refractivity contribution in [1.82, 2.24) is 5.32 Å². The lowest BCUT2D eigenvalue weighted by atomic mass is 10.1. The predicted molar refractivity (Wildman–Crippen MR) is 102 cm³/mol. The third kappa shape index (κ3) is 4.43. The number of amides is 1. The molecule has 3 rings (SSSR count). The summed E-state index contributed by atoms with van der Waals surface area (Å²) in [6.45, 7) is 3.15. The van der Waals surface area contributed by atoms with Crippen molar-refractivity contribution in [1.29, 1.82) is 5.26 Å². The van der Waals surface area contributed by atoms with Gasteiger partial charge in [-0.1, -0.05) is 22.0 Å². The summed E-state index contributed by atoms with van der Waals surface area (Å²) in [5, 5.41) is 12.0. The average molecular weight is 415 g/mol. The minimum absolute atomic E-state index is 0.00636.